The molecule has 6 heteroatoms. The lowest BCUT2D eigenvalue weighted by molar-refractivity contribution is -0.115. The van der Waals surface area contributed by atoms with E-state index >= 15 is 0 Å². The number of carbonyl (C=O) groups is 1. The van der Waals surface area contributed by atoms with E-state index in [9.17, 15) is 4.79 Å². The maximum absolute atomic E-state index is 12.4. The van der Waals surface area contributed by atoms with Gasteiger partial charge in [-0.15, -0.1) is 0 Å². The fourth-order valence-electron chi connectivity index (χ4n) is 3.39. The van der Waals surface area contributed by atoms with Gasteiger partial charge in [-0.2, -0.15) is 0 Å². The van der Waals surface area contributed by atoms with E-state index < -0.39 is 0 Å². The van der Waals surface area contributed by atoms with Crippen LogP contribution in [-0.2, 0) is 11.2 Å². The molecule has 1 amide bonds. The first kappa shape index (κ1) is 17.3. The molecule has 0 bridgehead atoms. The van der Waals surface area contributed by atoms with Crippen molar-refractivity contribution in [3.05, 3.63) is 72.3 Å². The van der Waals surface area contributed by atoms with Crippen molar-refractivity contribution >= 4 is 22.6 Å². The Morgan fingerprint density at radius 3 is 2.59 bits per heavy atom. The average Bonchev–Trinajstić information content (AvgIpc) is 3.18. The third-order valence-electron chi connectivity index (χ3n) is 4.80. The van der Waals surface area contributed by atoms with Gasteiger partial charge in [0.25, 0.3) is 0 Å². The van der Waals surface area contributed by atoms with Crippen LogP contribution in [0.15, 0.2) is 66.7 Å². The summed E-state index contributed by atoms with van der Waals surface area (Å²) >= 11 is 0. The minimum atomic E-state index is -0.0850. The number of hydrogen-bond donors (Lipinski definition) is 2. The highest BCUT2D eigenvalue weighted by molar-refractivity contribution is 5.92. The van der Waals surface area contributed by atoms with Crippen LogP contribution >= 0.6 is 0 Å². The highest BCUT2D eigenvalue weighted by atomic mass is 16.6. The van der Waals surface area contributed by atoms with Crippen LogP contribution in [0, 0.1) is 0 Å². The van der Waals surface area contributed by atoms with Crippen molar-refractivity contribution in [3.8, 4) is 22.9 Å². The first-order valence-electron chi connectivity index (χ1n) is 9.48. The predicted molar refractivity (Wildman–Crippen MR) is 111 cm³/mol. The van der Waals surface area contributed by atoms with Gasteiger partial charge in [0.15, 0.2) is 11.5 Å². The number of aromatic nitrogens is 2. The minimum Gasteiger partial charge on any atom is -0.486 e. The summed E-state index contributed by atoms with van der Waals surface area (Å²) in [5.74, 6) is 2.14. The number of benzene rings is 3. The van der Waals surface area contributed by atoms with Gasteiger partial charge in [-0.3, -0.25) is 4.79 Å². The minimum absolute atomic E-state index is 0.0850. The number of ether oxygens (including phenoxy) is 2. The molecule has 0 spiro atoms. The second kappa shape index (κ2) is 7.31. The third kappa shape index (κ3) is 3.65. The van der Waals surface area contributed by atoms with E-state index in [4.69, 9.17) is 9.47 Å². The zero-order chi connectivity index (χ0) is 19.6. The van der Waals surface area contributed by atoms with Gasteiger partial charge in [-0.1, -0.05) is 18.2 Å². The second-order valence-corrected chi connectivity index (χ2v) is 6.88. The van der Waals surface area contributed by atoms with Crippen molar-refractivity contribution in [2.45, 2.75) is 6.42 Å². The fourth-order valence-corrected chi connectivity index (χ4v) is 3.39. The summed E-state index contributed by atoms with van der Waals surface area (Å²) in [6, 6.07) is 21.1. The van der Waals surface area contributed by atoms with Crippen LogP contribution in [0.3, 0.4) is 0 Å². The van der Waals surface area contributed by atoms with Crippen LogP contribution in [0.5, 0.6) is 11.5 Å². The van der Waals surface area contributed by atoms with Gasteiger partial charge in [0.05, 0.1) is 17.5 Å². The first-order valence-corrected chi connectivity index (χ1v) is 9.48. The number of para-hydroxylation sites is 2. The van der Waals surface area contributed by atoms with Crippen molar-refractivity contribution in [1.29, 1.82) is 0 Å². The molecule has 0 atom stereocenters. The topological polar surface area (TPSA) is 76.2 Å². The summed E-state index contributed by atoms with van der Waals surface area (Å²) in [5, 5.41) is 2.93. The molecule has 144 valence electrons. The molecular weight excluding hydrogens is 366 g/mol. The summed E-state index contributed by atoms with van der Waals surface area (Å²) in [4.78, 5) is 20.3. The van der Waals surface area contributed by atoms with Gasteiger partial charge in [0.2, 0.25) is 5.91 Å². The molecule has 1 aliphatic heterocycles. The average molecular weight is 385 g/mol. The molecule has 0 fully saturated rings. The molecule has 3 aromatic carbocycles. The van der Waals surface area contributed by atoms with E-state index in [-0.39, 0.29) is 12.3 Å². The highest BCUT2D eigenvalue weighted by Gasteiger charge is 2.13. The van der Waals surface area contributed by atoms with Crippen molar-refractivity contribution in [3.63, 3.8) is 0 Å². The maximum Gasteiger partial charge on any atom is 0.228 e. The summed E-state index contributed by atoms with van der Waals surface area (Å²) in [5.41, 5.74) is 4.52. The molecular formula is C23H19N3O3. The number of amides is 1. The summed E-state index contributed by atoms with van der Waals surface area (Å²) in [7, 11) is 0. The third-order valence-corrected chi connectivity index (χ3v) is 4.80. The Morgan fingerprint density at radius 2 is 1.76 bits per heavy atom. The molecule has 4 aromatic rings. The lowest BCUT2D eigenvalue weighted by Gasteiger charge is -2.18. The Labute approximate surface area is 167 Å². The molecule has 1 aliphatic rings. The van der Waals surface area contributed by atoms with E-state index in [0.29, 0.717) is 19.0 Å². The molecule has 0 saturated carbocycles. The Bertz CT molecular complexity index is 1150. The first-order chi connectivity index (χ1) is 14.2. The number of nitrogens with zero attached hydrogens (tertiary/aromatic N) is 1. The number of imidazole rings is 1. The summed E-state index contributed by atoms with van der Waals surface area (Å²) in [6.45, 7) is 1.08. The number of aromatic amines is 1. The van der Waals surface area contributed by atoms with Gasteiger partial charge >= 0.3 is 0 Å². The number of carbonyl (C=O) groups excluding carboxylic acids is 1. The number of H-pyrrole nitrogens is 1. The van der Waals surface area contributed by atoms with Crippen LogP contribution in [-0.4, -0.2) is 29.1 Å². The van der Waals surface area contributed by atoms with Crippen molar-refractivity contribution in [1.82, 2.24) is 9.97 Å². The maximum atomic E-state index is 12.4. The van der Waals surface area contributed by atoms with E-state index in [2.05, 4.69) is 15.3 Å². The summed E-state index contributed by atoms with van der Waals surface area (Å²) in [6.07, 6.45) is 0.266. The Balaban J connectivity index is 1.26. The van der Waals surface area contributed by atoms with E-state index in [1.165, 1.54) is 0 Å². The number of rotatable bonds is 4. The normalized spacial score (nSPS) is 12.7. The number of nitrogens with one attached hydrogen (secondary N) is 2. The van der Waals surface area contributed by atoms with E-state index in [1.54, 1.807) is 0 Å². The molecule has 0 aliphatic carbocycles. The Morgan fingerprint density at radius 1 is 0.966 bits per heavy atom. The standard InChI is InChI=1S/C23H19N3O3/c27-22(14-15-5-10-20-21(13-15)29-12-11-28-20)24-17-8-6-16(7-9-17)23-25-18-3-1-2-4-19(18)26-23/h1-10,13H,11-12,14H2,(H,24,27)(H,25,26). The molecule has 5 rings (SSSR count). The smallest absolute Gasteiger partial charge is 0.228 e. The molecule has 0 radical (unpaired) electrons. The second-order valence-electron chi connectivity index (χ2n) is 6.88. The molecule has 1 aromatic heterocycles. The van der Waals surface area contributed by atoms with Gasteiger partial charge in [0, 0.05) is 11.3 Å². The van der Waals surface area contributed by atoms with Gasteiger partial charge in [0.1, 0.15) is 19.0 Å². The molecule has 6 nitrogen and oxygen atoms in total. The zero-order valence-corrected chi connectivity index (χ0v) is 15.6. The number of anilines is 1. The van der Waals surface area contributed by atoms with Crippen molar-refractivity contribution in [2.75, 3.05) is 18.5 Å². The van der Waals surface area contributed by atoms with Gasteiger partial charge in [-0.05, 0) is 54.1 Å². The fraction of sp³-hybridized carbons (Fsp3) is 0.130. The van der Waals surface area contributed by atoms with Crippen LogP contribution in [0.25, 0.3) is 22.4 Å². The van der Waals surface area contributed by atoms with E-state index in [1.807, 2.05) is 66.7 Å². The monoisotopic (exact) mass is 385 g/mol. The molecule has 29 heavy (non-hydrogen) atoms. The lowest BCUT2D eigenvalue weighted by atomic mass is 10.1. The Hall–Kier alpha value is -3.80. The van der Waals surface area contributed by atoms with Crippen LogP contribution in [0.1, 0.15) is 5.56 Å². The Kier molecular flexibility index (Phi) is 4.37. The molecule has 0 unspecified atom stereocenters. The molecule has 0 saturated heterocycles. The predicted octanol–water partition coefficient (Wildman–Crippen LogP) is 4.18. The van der Waals surface area contributed by atoms with E-state index in [0.717, 1.165) is 39.4 Å². The van der Waals surface area contributed by atoms with Crippen LogP contribution in [0.4, 0.5) is 5.69 Å². The van der Waals surface area contributed by atoms with Gasteiger partial charge in [-0.25, -0.2) is 4.98 Å². The van der Waals surface area contributed by atoms with Crippen LogP contribution < -0.4 is 14.8 Å². The highest BCUT2D eigenvalue weighted by Crippen LogP contribution is 2.31. The van der Waals surface area contributed by atoms with Crippen LogP contribution in [0.2, 0.25) is 0 Å². The summed E-state index contributed by atoms with van der Waals surface area (Å²) < 4.78 is 11.1. The van der Waals surface area contributed by atoms with Crippen molar-refractivity contribution < 1.29 is 14.3 Å². The quantitative estimate of drug-likeness (QED) is 0.552. The number of fused-ring (bicyclic) bond motifs is 2. The molecule has 2 N–H and O–H groups in total. The lowest BCUT2D eigenvalue weighted by Crippen LogP contribution is -2.17. The SMILES string of the molecule is O=C(Cc1ccc2c(c1)OCCO2)Nc1ccc(-c2nc3ccccc3[nH]2)cc1. The van der Waals surface area contributed by atoms with Gasteiger partial charge < -0.3 is 19.8 Å². The molecule has 2 heterocycles. The number of hydrogen-bond acceptors (Lipinski definition) is 4. The zero-order valence-electron chi connectivity index (χ0n) is 15.6. The van der Waals surface area contributed by atoms with Crippen molar-refractivity contribution in [2.24, 2.45) is 0 Å². The largest absolute Gasteiger partial charge is 0.486 e.